The van der Waals surface area contributed by atoms with Gasteiger partial charge in [0.15, 0.2) is 0 Å². The second-order valence-corrected chi connectivity index (χ2v) is 6.98. The molecule has 0 aliphatic rings. The molecular formula is C14H14O3P2+2. The SMILES string of the molecule is Cc1ccc([P+](=O)O[P+](=O)c2ccc(C)cc2)cc1. The van der Waals surface area contributed by atoms with Gasteiger partial charge in [0, 0.05) is 0 Å². The van der Waals surface area contributed by atoms with Gasteiger partial charge in [-0.2, -0.15) is 0 Å². The highest BCUT2D eigenvalue weighted by Crippen LogP contribution is 2.36. The van der Waals surface area contributed by atoms with Crippen LogP contribution in [-0.4, -0.2) is 0 Å². The molecule has 2 aromatic rings. The van der Waals surface area contributed by atoms with Crippen molar-refractivity contribution in [1.29, 1.82) is 0 Å². The number of hydrogen-bond acceptors (Lipinski definition) is 3. The summed E-state index contributed by atoms with van der Waals surface area (Å²) in [5, 5.41) is 1.10. The summed E-state index contributed by atoms with van der Waals surface area (Å²) in [7, 11) is -4.18. The topological polar surface area (TPSA) is 43.4 Å². The Kier molecular flexibility index (Phi) is 4.55. The zero-order valence-electron chi connectivity index (χ0n) is 10.7. The highest BCUT2D eigenvalue weighted by Gasteiger charge is 2.38. The fraction of sp³-hybridized carbons (Fsp3) is 0.143. The van der Waals surface area contributed by atoms with Gasteiger partial charge in [0.25, 0.3) is 0 Å². The molecule has 2 rings (SSSR count). The molecule has 19 heavy (non-hydrogen) atoms. The van der Waals surface area contributed by atoms with E-state index in [4.69, 9.17) is 4.31 Å². The normalized spacial score (nSPS) is 12.1. The Balaban J connectivity index is 2.08. The van der Waals surface area contributed by atoms with Crippen LogP contribution in [0.5, 0.6) is 0 Å². The van der Waals surface area contributed by atoms with Crippen molar-refractivity contribution in [2.75, 3.05) is 0 Å². The second kappa shape index (κ2) is 6.16. The number of hydrogen-bond donors (Lipinski definition) is 0. The molecule has 0 bridgehead atoms. The van der Waals surface area contributed by atoms with Gasteiger partial charge in [-0.15, -0.1) is 0 Å². The van der Waals surface area contributed by atoms with Gasteiger partial charge in [-0.3, -0.25) is 0 Å². The Morgan fingerprint density at radius 1 is 0.684 bits per heavy atom. The lowest BCUT2D eigenvalue weighted by Crippen LogP contribution is -1.99. The predicted octanol–water partition coefficient (Wildman–Crippen LogP) is 3.76. The van der Waals surface area contributed by atoms with Gasteiger partial charge in [0.1, 0.15) is 4.31 Å². The number of rotatable bonds is 4. The van der Waals surface area contributed by atoms with E-state index < -0.39 is 16.1 Å². The fourth-order valence-electron chi connectivity index (χ4n) is 1.49. The maximum absolute atomic E-state index is 11.9. The minimum Gasteiger partial charge on any atom is -0.0547 e. The van der Waals surface area contributed by atoms with E-state index in [0.717, 1.165) is 11.1 Å². The van der Waals surface area contributed by atoms with Gasteiger partial charge < -0.3 is 0 Å². The Morgan fingerprint density at radius 3 is 1.32 bits per heavy atom. The van der Waals surface area contributed by atoms with Crippen molar-refractivity contribution in [2.45, 2.75) is 13.8 Å². The van der Waals surface area contributed by atoms with Gasteiger partial charge in [-0.05, 0) is 47.2 Å². The van der Waals surface area contributed by atoms with E-state index in [9.17, 15) is 9.13 Å². The molecule has 3 nitrogen and oxygen atoms in total. The van der Waals surface area contributed by atoms with E-state index in [1.54, 1.807) is 24.3 Å². The lowest BCUT2D eigenvalue weighted by atomic mass is 10.2. The van der Waals surface area contributed by atoms with Crippen molar-refractivity contribution in [3.8, 4) is 0 Å². The molecule has 0 amide bonds. The summed E-state index contributed by atoms with van der Waals surface area (Å²) in [6.07, 6.45) is 0. The predicted molar refractivity (Wildman–Crippen MR) is 77.9 cm³/mol. The average molecular weight is 292 g/mol. The summed E-state index contributed by atoms with van der Waals surface area (Å²) in [4.78, 5) is 0. The van der Waals surface area contributed by atoms with Crippen LogP contribution in [0.2, 0.25) is 0 Å². The molecule has 2 atom stereocenters. The Labute approximate surface area is 114 Å². The van der Waals surface area contributed by atoms with Crippen molar-refractivity contribution in [2.24, 2.45) is 0 Å². The van der Waals surface area contributed by atoms with Crippen LogP contribution in [-0.2, 0) is 13.4 Å². The van der Waals surface area contributed by atoms with Crippen molar-refractivity contribution in [3.05, 3.63) is 59.7 Å². The lowest BCUT2D eigenvalue weighted by molar-refractivity contribution is 0.501. The number of aryl methyl sites for hydroxylation is 2. The molecule has 0 radical (unpaired) electrons. The van der Waals surface area contributed by atoms with E-state index in [1.165, 1.54) is 0 Å². The first-order valence-electron chi connectivity index (χ1n) is 5.82. The minimum atomic E-state index is -2.09. The summed E-state index contributed by atoms with van der Waals surface area (Å²) in [5.74, 6) is 0. The third-order valence-electron chi connectivity index (χ3n) is 2.64. The largest absolute Gasteiger partial charge is 0.601 e. The first kappa shape index (κ1) is 14.0. The van der Waals surface area contributed by atoms with Crippen LogP contribution >= 0.6 is 16.1 Å². The van der Waals surface area contributed by atoms with Gasteiger partial charge in [-0.25, -0.2) is 0 Å². The third kappa shape index (κ3) is 3.78. The van der Waals surface area contributed by atoms with Gasteiger partial charge in [-0.1, -0.05) is 35.4 Å². The standard InChI is InChI=1S/C14H14O3P2/c1-11-3-7-13(8-4-11)18(15)17-19(16)14-9-5-12(2)6-10-14/h3-10H,1-2H3/q+2. The summed E-state index contributed by atoms with van der Waals surface area (Å²) < 4.78 is 29.0. The van der Waals surface area contributed by atoms with Crippen molar-refractivity contribution >= 4 is 26.7 Å². The van der Waals surface area contributed by atoms with Gasteiger partial charge in [0.05, 0.1) is 0 Å². The smallest absolute Gasteiger partial charge is 0.0547 e. The zero-order chi connectivity index (χ0) is 13.8. The molecule has 0 spiro atoms. The quantitative estimate of drug-likeness (QED) is 0.806. The maximum atomic E-state index is 11.9. The van der Waals surface area contributed by atoms with Gasteiger partial charge >= 0.3 is 16.1 Å². The molecule has 0 N–H and O–H groups in total. The molecule has 2 aromatic carbocycles. The molecule has 0 fully saturated rings. The van der Waals surface area contributed by atoms with Crippen LogP contribution < -0.4 is 10.6 Å². The van der Waals surface area contributed by atoms with E-state index in [-0.39, 0.29) is 0 Å². The lowest BCUT2D eigenvalue weighted by Gasteiger charge is -1.88. The van der Waals surface area contributed by atoms with E-state index in [0.29, 0.717) is 10.6 Å². The van der Waals surface area contributed by atoms with Crippen molar-refractivity contribution < 1.29 is 13.4 Å². The van der Waals surface area contributed by atoms with Crippen LogP contribution in [0.15, 0.2) is 48.5 Å². The van der Waals surface area contributed by atoms with Gasteiger partial charge in [0.2, 0.25) is 10.6 Å². The average Bonchev–Trinajstić information content (AvgIpc) is 2.40. The Bertz CT molecular complexity index is 548. The Hall–Kier alpha value is -1.40. The van der Waals surface area contributed by atoms with Crippen LogP contribution in [0.4, 0.5) is 0 Å². The summed E-state index contributed by atoms with van der Waals surface area (Å²) >= 11 is 0. The molecule has 0 aromatic heterocycles. The molecule has 0 aliphatic heterocycles. The van der Waals surface area contributed by atoms with E-state index in [1.807, 2.05) is 38.1 Å². The van der Waals surface area contributed by atoms with Crippen LogP contribution in [0.3, 0.4) is 0 Å². The van der Waals surface area contributed by atoms with Crippen molar-refractivity contribution in [3.63, 3.8) is 0 Å². The Morgan fingerprint density at radius 2 is 1.00 bits per heavy atom. The summed E-state index contributed by atoms with van der Waals surface area (Å²) in [6.45, 7) is 3.90. The molecule has 96 valence electrons. The zero-order valence-corrected chi connectivity index (χ0v) is 12.5. The molecule has 0 aliphatic carbocycles. The summed E-state index contributed by atoms with van der Waals surface area (Å²) in [6, 6.07) is 14.3. The molecule has 0 saturated carbocycles. The van der Waals surface area contributed by atoms with Crippen molar-refractivity contribution in [1.82, 2.24) is 0 Å². The monoisotopic (exact) mass is 292 g/mol. The molecule has 2 unspecified atom stereocenters. The second-order valence-electron chi connectivity index (χ2n) is 4.27. The van der Waals surface area contributed by atoms with E-state index in [2.05, 4.69) is 0 Å². The van der Waals surface area contributed by atoms with Crippen LogP contribution in [0.1, 0.15) is 11.1 Å². The van der Waals surface area contributed by atoms with Crippen LogP contribution in [0, 0.1) is 13.8 Å². The molecule has 5 heteroatoms. The number of benzene rings is 2. The molecule has 0 heterocycles. The molecule has 0 saturated heterocycles. The van der Waals surface area contributed by atoms with Crippen LogP contribution in [0.25, 0.3) is 0 Å². The third-order valence-corrected chi connectivity index (χ3v) is 5.26. The first-order valence-corrected chi connectivity index (χ1v) is 8.18. The maximum Gasteiger partial charge on any atom is 0.601 e. The highest BCUT2D eigenvalue weighted by molar-refractivity contribution is 7.61. The highest BCUT2D eigenvalue weighted by atomic mass is 31.2. The fourth-order valence-corrected chi connectivity index (χ4v) is 3.57. The van der Waals surface area contributed by atoms with E-state index >= 15 is 0 Å². The molecular weight excluding hydrogens is 278 g/mol. The summed E-state index contributed by atoms with van der Waals surface area (Å²) in [5.41, 5.74) is 2.16. The minimum absolute atomic E-state index is 0.552. The first-order chi connectivity index (χ1) is 9.06.